The SMILES string of the molecule is COCCNC(=O)c1cnc(Nc2ccc3c(c2)C(C)(C)OC3=O)nc1N[C@H](CO)c1ccccc1. The van der Waals surface area contributed by atoms with Gasteiger partial charge >= 0.3 is 5.97 Å². The number of anilines is 3. The molecule has 1 amide bonds. The van der Waals surface area contributed by atoms with Crippen molar-refractivity contribution in [3.63, 3.8) is 0 Å². The van der Waals surface area contributed by atoms with Crippen LogP contribution in [0.25, 0.3) is 0 Å². The molecule has 0 radical (unpaired) electrons. The molecule has 4 rings (SSSR count). The molecule has 0 aliphatic carbocycles. The Kier molecular flexibility index (Phi) is 7.47. The number of esters is 1. The largest absolute Gasteiger partial charge is 0.451 e. The maximum absolute atomic E-state index is 12.8. The van der Waals surface area contributed by atoms with Crippen molar-refractivity contribution in [2.45, 2.75) is 25.5 Å². The molecule has 0 unspecified atom stereocenters. The summed E-state index contributed by atoms with van der Waals surface area (Å²) in [5.74, 6) is -0.242. The molecule has 10 nitrogen and oxygen atoms in total. The second-order valence-corrected chi connectivity index (χ2v) is 8.78. The van der Waals surface area contributed by atoms with E-state index in [1.807, 2.05) is 50.2 Å². The van der Waals surface area contributed by atoms with Crippen LogP contribution < -0.4 is 16.0 Å². The van der Waals surface area contributed by atoms with Crippen LogP contribution in [-0.4, -0.2) is 53.8 Å². The van der Waals surface area contributed by atoms with Gasteiger partial charge in [-0.3, -0.25) is 4.79 Å². The zero-order chi connectivity index (χ0) is 25.7. The van der Waals surface area contributed by atoms with Crippen molar-refractivity contribution in [2.24, 2.45) is 0 Å². The summed E-state index contributed by atoms with van der Waals surface area (Å²) in [5.41, 5.74) is 2.25. The summed E-state index contributed by atoms with van der Waals surface area (Å²) in [6, 6.07) is 14.1. The fourth-order valence-electron chi connectivity index (χ4n) is 3.93. The summed E-state index contributed by atoms with van der Waals surface area (Å²) < 4.78 is 10.4. The van der Waals surface area contributed by atoms with Crippen molar-refractivity contribution in [3.8, 4) is 0 Å². The summed E-state index contributed by atoms with van der Waals surface area (Å²) in [6.07, 6.45) is 1.42. The molecule has 1 aliphatic heterocycles. The molecule has 1 aliphatic rings. The second kappa shape index (κ2) is 10.7. The number of nitrogens with zero attached hydrogens (tertiary/aromatic N) is 2. The molecule has 0 bridgehead atoms. The molecule has 0 fully saturated rings. The van der Waals surface area contributed by atoms with E-state index >= 15 is 0 Å². The number of methoxy groups -OCH3 is 1. The van der Waals surface area contributed by atoms with Gasteiger partial charge < -0.3 is 30.5 Å². The minimum atomic E-state index is -0.744. The highest BCUT2D eigenvalue weighted by Gasteiger charge is 2.37. The first kappa shape index (κ1) is 25.1. The fraction of sp³-hybridized carbons (Fsp3) is 0.308. The molecule has 1 aromatic heterocycles. The van der Waals surface area contributed by atoms with Crippen LogP contribution >= 0.6 is 0 Å². The Morgan fingerprint density at radius 2 is 1.97 bits per heavy atom. The van der Waals surface area contributed by atoms with E-state index < -0.39 is 11.6 Å². The molecular formula is C26H29N5O5. The second-order valence-electron chi connectivity index (χ2n) is 8.78. The predicted molar refractivity (Wildman–Crippen MR) is 134 cm³/mol. The topological polar surface area (TPSA) is 135 Å². The molecule has 10 heteroatoms. The number of carbonyl (C=O) groups excluding carboxylic acids is 2. The number of nitrogens with one attached hydrogen (secondary N) is 3. The maximum Gasteiger partial charge on any atom is 0.339 e. The summed E-state index contributed by atoms with van der Waals surface area (Å²) in [7, 11) is 1.55. The lowest BCUT2D eigenvalue weighted by Crippen LogP contribution is -2.29. The monoisotopic (exact) mass is 491 g/mol. The molecule has 36 heavy (non-hydrogen) atoms. The average molecular weight is 492 g/mol. The van der Waals surface area contributed by atoms with Crippen LogP contribution in [0.2, 0.25) is 0 Å². The quantitative estimate of drug-likeness (QED) is 0.249. The Morgan fingerprint density at radius 1 is 1.19 bits per heavy atom. The highest BCUT2D eigenvalue weighted by molar-refractivity contribution is 5.99. The average Bonchev–Trinajstić information content (AvgIpc) is 3.10. The van der Waals surface area contributed by atoms with Crippen molar-refractivity contribution in [1.29, 1.82) is 0 Å². The van der Waals surface area contributed by atoms with E-state index in [2.05, 4.69) is 25.9 Å². The number of rotatable bonds is 10. The van der Waals surface area contributed by atoms with Crippen molar-refractivity contribution >= 4 is 29.3 Å². The minimum Gasteiger partial charge on any atom is -0.451 e. The first-order valence-corrected chi connectivity index (χ1v) is 11.5. The molecule has 0 saturated heterocycles. The van der Waals surface area contributed by atoms with Crippen LogP contribution in [0.4, 0.5) is 17.5 Å². The normalized spacial score (nSPS) is 14.5. The summed E-state index contributed by atoms with van der Waals surface area (Å²) in [5, 5.41) is 19.1. The number of aliphatic hydroxyl groups excluding tert-OH is 1. The molecule has 0 saturated carbocycles. The zero-order valence-electron chi connectivity index (χ0n) is 20.4. The number of aromatic nitrogens is 2. The van der Waals surface area contributed by atoms with E-state index in [1.165, 1.54) is 6.20 Å². The van der Waals surface area contributed by atoms with Gasteiger partial charge in [0.15, 0.2) is 0 Å². The van der Waals surface area contributed by atoms with Crippen LogP contribution in [0.3, 0.4) is 0 Å². The number of amides is 1. The van der Waals surface area contributed by atoms with Gasteiger partial charge in [-0.2, -0.15) is 4.98 Å². The van der Waals surface area contributed by atoms with Crippen molar-refractivity contribution in [1.82, 2.24) is 15.3 Å². The Labute approximate surface area is 209 Å². The van der Waals surface area contributed by atoms with E-state index in [0.717, 1.165) is 11.1 Å². The van der Waals surface area contributed by atoms with Crippen LogP contribution in [0.5, 0.6) is 0 Å². The molecule has 3 aromatic rings. The standard InChI is InChI=1S/C26H29N5O5/c1-26(2)20-13-17(9-10-18(20)24(34)36-26)29-25-28-14-19(23(33)27-11-12-35-3)22(31-25)30-21(15-32)16-7-5-4-6-8-16/h4-10,13-14,21,32H,11-12,15H2,1-3H3,(H,27,33)(H2,28,29,30,31)/t21-/m1/s1. The third kappa shape index (κ3) is 5.45. The first-order valence-electron chi connectivity index (χ1n) is 11.5. The lowest BCUT2D eigenvalue weighted by atomic mass is 9.95. The number of hydrogen-bond acceptors (Lipinski definition) is 9. The number of benzene rings is 2. The highest BCUT2D eigenvalue weighted by atomic mass is 16.6. The third-order valence-electron chi connectivity index (χ3n) is 5.81. The predicted octanol–water partition coefficient (Wildman–Crippen LogP) is 3.15. The number of hydrogen-bond donors (Lipinski definition) is 4. The molecule has 4 N–H and O–H groups in total. The number of cyclic esters (lactones) is 1. The molecule has 2 aromatic carbocycles. The van der Waals surface area contributed by atoms with E-state index in [-0.39, 0.29) is 35.8 Å². The van der Waals surface area contributed by atoms with Gasteiger partial charge in [-0.15, -0.1) is 0 Å². The first-order chi connectivity index (χ1) is 17.3. The summed E-state index contributed by atoms with van der Waals surface area (Å²) >= 11 is 0. The molecular weight excluding hydrogens is 462 g/mol. The van der Waals surface area contributed by atoms with Crippen LogP contribution in [0.15, 0.2) is 54.7 Å². The van der Waals surface area contributed by atoms with Gasteiger partial charge in [0, 0.05) is 31.1 Å². The Bertz CT molecular complexity index is 1250. The number of ether oxygens (including phenoxy) is 2. The molecule has 188 valence electrons. The van der Waals surface area contributed by atoms with Crippen LogP contribution in [-0.2, 0) is 15.1 Å². The van der Waals surface area contributed by atoms with Crippen molar-refractivity contribution < 1.29 is 24.2 Å². The Morgan fingerprint density at radius 3 is 2.69 bits per heavy atom. The van der Waals surface area contributed by atoms with Crippen molar-refractivity contribution in [2.75, 3.05) is 37.5 Å². The van der Waals surface area contributed by atoms with Gasteiger partial charge in [-0.25, -0.2) is 9.78 Å². The maximum atomic E-state index is 12.8. The zero-order valence-corrected chi connectivity index (χ0v) is 20.4. The summed E-state index contributed by atoms with van der Waals surface area (Å²) in [4.78, 5) is 33.8. The van der Waals surface area contributed by atoms with Crippen LogP contribution in [0, 0.1) is 0 Å². The number of fused-ring (bicyclic) bond motifs is 1. The van der Waals surface area contributed by atoms with E-state index in [9.17, 15) is 14.7 Å². The number of aliphatic hydroxyl groups is 1. The van der Waals surface area contributed by atoms with Gasteiger partial charge in [0.25, 0.3) is 5.91 Å². The third-order valence-corrected chi connectivity index (χ3v) is 5.81. The van der Waals surface area contributed by atoms with E-state index in [4.69, 9.17) is 9.47 Å². The molecule has 2 heterocycles. The van der Waals surface area contributed by atoms with Crippen LogP contribution in [0.1, 0.15) is 51.7 Å². The number of carbonyl (C=O) groups is 2. The van der Waals surface area contributed by atoms with Gasteiger partial charge in [-0.1, -0.05) is 30.3 Å². The fourth-order valence-corrected chi connectivity index (χ4v) is 3.93. The summed E-state index contributed by atoms with van der Waals surface area (Å²) in [6.45, 7) is 4.13. The van der Waals surface area contributed by atoms with Crippen molar-refractivity contribution in [3.05, 3.63) is 77.0 Å². The Balaban J connectivity index is 1.64. The lowest BCUT2D eigenvalue weighted by Gasteiger charge is -2.20. The van der Waals surface area contributed by atoms with E-state index in [1.54, 1.807) is 19.2 Å². The van der Waals surface area contributed by atoms with Gasteiger partial charge in [0.1, 0.15) is 17.0 Å². The van der Waals surface area contributed by atoms with Gasteiger partial charge in [0.2, 0.25) is 5.95 Å². The van der Waals surface area contributed by atoms with E-state index in [0.29, 0.717) is 24.4 Å². The highest BCUT2D eigenvalue weighted by Crippen LogP contribution is 2.37. The van der Waals surface area contributed by atoms with Gasteiger partial charge in [0.05, 0.1) is 24.8 Å². The molecule has 0 spiro atoms. The van der Waals surface area contributed by atoms with Gasteiger partial charge in [-0.05, 0) is 37.6 Å². The Hall–Kier alpha value is -4.02. The lowest BCUT2D eigenvalue weighted by molar-refractivity contribution is 0.00953. The molecule has 1 atom stereocenters. The minimum absolute atomic E-state index is 0.213. The smallest absolute Gasteiger partial charge is 0.339 e.